The molecule has 0 heterocycles. The van der Waals surface area contributed by atoms with Crippen LogP contribution in [0.4, 0.5) is 0 Å². The maximum atomic E-state index is 11.2. The molecule has 0 aliphatic heterocycles. The third-order valence-electron chi connectivity index (χ3n) is 2.52. The van der Waals surface area contributed by atoms with Crippen molar-refractivity contribution in [1.29, 1.82) is 0 Å². The van der Waals surface area contributed by atoms with Crippen LogP contribution < -0.4 is 0 Å². The van der Waals surface area contributed by atoms with Crippen LogP contribution in [-0.4, -0.2) is 17.1 Å². The fourth-order valence-electron chi connectivity index (χ4n) is 1.57. The lowest BCUT2D eigenvalue weighted by Crippen LogP contribution is -2.18. The zero-order valence-corrected chi connectivity index (χ0v) is 9.17. The van der Waals surface area contributed by atoms with Crippen molar-refractivity contribution in [2.45, 2.75) is 51.5 Å². The van der Waals surface area contributed by atoms with E-state index in [2.05, 4.69) is 6.92 Å². The molecule has 0 aromatic rings. The third-order valence-corrected chi connectivity index (χ3v) is 3.64. The summed E-state index contributed by atoms with van der Waals surface area (Å²) in [4.78, 5) is 0. The molecule has 0 radical (unpaired) electrons. The summed E-state index contributed by atoms with van der Waals surface area (Å²) in [5, 5.41) is 8.99. The predicted molar refractivity (Wildman–Crippen MR) is 51.8 cm³/mol. The topological polar surface area (TPSA) is 46.5 Å². The van der Waals surface area contributed by atoms with Gasteiger partial charge in [0.2, 0.25) is 0 Å². The first-order valence-corrected chi connectivity index (χ1v) is 6.15. The molecule has 1 N–H and O–H groups in total. The number of hydrogen-bond donors (Lipinski definition) is 1. The van der Waals surface area contributed by atoms with Gasteiger partial charge in [-0.15, -0.1) is 4.52 Å². The molecule has 1 saturated carbocycles. The van der Waals surface area contributed by atoms with Gasteiger partial charge in [-0.05, 0) is 36.2 Å². The molecule has 0 bridgehead atoms. The van der Waals surface area contributed by atoms with Crippen LogP contribution in [0.3, 0.4) is 0 Å². The van der Waals surface area contributed by atoms with Gasteiger partial charge in [0.15, 0.2) is 0 Å². The van der Waals surface area contributed by atoms with Crippen LogP contribution >= 0.6 is 8.03 Å². The van der Waals surface area contributed by atoms with Crippen LogP contribution in [0.1, 0.15) is 39.5 Å². The molecule has 0 amide bonds. The molecule has 1 aliphatic carbocycles. The van der Waals surface area contributed by atoms with E-state index in [0.717, 1.165) is 31.6 Å². The molecule has 76 valence electrons. The third kappa shape index (κ3) is 3.72. The van der Waals surface area contributed by atoms with E-state index < -0.39 is 13.9 Å². The minimum Gasteiger partial charge on any atom is -0.349 e. The number of aliphatic hydroxyl groups is 1. The highest BCUT2D eigenvalue weighted by molar-refractivity contribution is 7.39. The van der Waals surface area contributed by atoms with E-state index >= 15 is 0 Å². The maximum absolute atomic E-state index is 11.2. The lowest BCUT2D eigenvalue weighted by Gasteiger charge is -2.21. The van der Waals surface area contributed by atoms with Crippen molar-refractivity contribution in [3.8, 4) is 0 Å². The average Bonchev–Trinajstić information content (AvgIpc) is 2.08. The minimum atomic E-state index is -1.87. The molecule has 0 aromatic carbocycles. The molecule has 1 rings (SSSR count). The summed E-state index contributed by atoms with van der Waals surface area (Å²) in [5.74, 6) is -0.0707. The number of hydrogen-bond acceptors (Lipinski definition) is 3. The number of rotatable bonds is 3. The fourth-order valence-corrected chi connectivity index (χ4v) is 2.25. The first kappa shape index (κ1) is 11.1. The van der Waals surface area contributed by atoms with E-state index in [1.807, 2.05) is 0 Å². The Morgan fingerprint density at radius 2 is 1.92 bits per heavy atom. The first-order chi connectivity index (χ1) is 6.09. The summed E-state index contributed by atoms with van der Waals surface area (Å²) in [6.07, 6.45) is 4.36. The number of aliphatic hydroxyl groups excluding tert-OH is 1. The van der Waals surface area contributed by atoms with Gasteiger partial charge in [0.1, 0.15) is 6.10 Å². The van der Waals surface area contributed by atoms with Gasteiger partial charge in [0.25, 0.3) is 5.85 Å². The molecule has 1 aliphatic rings. The molecule has 0 spiro atoms. The zero-order chi connectivity index (χ0) is 9.84. The lowest BCUT2D eigenvalue weighted by molar-refractivity contribution is 0.130. The molecule has 2 atom stereocenters. The van der Waals surface area contributed by atoms with Gasteiger partial charge in [-0.3, -0.25) is 0 Å². The first-order valence-electron chi connectivity index (χ1n) is 4.90. The van der Waals surface area contributed by atoms with Crippen molar-refractivity contribution in [1.82, 2.24) is 0 Å². The van der Waals surface area contributed by atoms with E-state index in [-0.39, 0.29) is 6.10 Å². The molecular formula is C9H18O3P+. The second-order valence-electron chi connectivity index (χ2n) is 3.90. The van der Waals surface area contributed by atoms with Crippen LogP contribution in [0.2, 0.25) is 0 Å². The second kappa shape index (κ2) is 5.04. The molecule has 0 aromatic heterocycles. The molecule has 1 fully saturated rings. The summed E-state index contributed by atoms with van der Waals surface area (Å²) >= 11 is 0. The Morgan fingerprint density at radius 1 is 1.38 bits per heavy atom. The van der Waals surface area contributed by atoms with Crippen molar-refractivity contribution >= 4 is 8.03 Å². The van der Waals surface area contributed by atoms with E-state index in [4.69, 9.17) is 9.63 Å². The highest BCUT2D eigenvalue weighted by Gasteiger charge is 2.32. The Morgan fingerprint density at radius 3 is 2.38 bits per heavy atom. The van der Waals surface area contributed by atoms with Crippen molar-refractivity contribution < 1.29 is 14.2 Å². The Labute approximate surface area is 80.4 Å². The van der Waals surface area contributed by atoms with Gasteiger partial charge in [-0.1, -0.05) is 6.92 Å². The molecular weight excluding hydrogens is 187 g/mol. The van der Waals surface area contributed by atoms with Crippen molar-refractivity contribution in [3.05, 3.63) is 0 Å². The van der Waals surface area contributed by atoms with Gasteiger partial charge in [0.05, 0.1) is 0 Å². The highest BCUT2D eigenvalue weighted by atomic mass is 31.1. The summed E-state index contributed by atoms with van der Waals surface area (Å²) in [5.41, 5.74) is 0. The quantitative estimate of drug-likeness (QED) is 0.720. The Bertz CT molecular complexity index is 174. The van der Waals surface area contributed by atoms with Gasteiger partial charge in [0, 0.05) is 6.92 Å². The fraction of sp³-hybridized carbons (Fsp3) is 1.00. The van der Waals surface area contributed by atoms with Gasteiger partial charge < -0.3 is 5.11 Å². The van der Waals surface area contributed by atoms with Crippen molar-refractivity contribution in [2.75, 3.05) is 0 Å². The monoisotopic (exact) mass is 205 g/mol. The van der Waals surface area contributed by atoms with Crippen LogP contribution in [0, 0.1) is 5.92 Å². The van der Waals surface area contributed by atoms with E-state index in [1.165, 1.54) is 6.92 Å². The molecule has 13 heavy (non-hydrogen) atoms. The normalized spacial score (nSPS) is 32.7. The standard InChI is InChI=1S/C9H18O3P/c1-7-3-5-9(6-4-7)12-13(11)8(2)10/h7-10H,3-6H2,1-2H3/q+1. The van der Waals surface area contributed by atoms with Gasteiger partial charge in [-0.25, -0.2) is 0 Å². The highest BCUT2D eigenvalue weighted by Crippen LogP contribution is 2.35. The van der Waals surface area contributed by atoms with Crippen molar-refractivity contribution in [3.63, 3.8) is 0 Å². The predicted octanol–water partition coefficient (Wildman–Crippen LogP) is 2.66. The second-order valence-corrected chi connectivity index (χ2v) is 5.43. The van der Waals surface area contributed by atoms with Crippen LogP contribution in [-0.2, 0) is 9.09 Å². The van der Waals surface area contributed by atoms with E-state index in [1.54, 1.807) is 0 Å². The van der Waals surface area contributed by atoms with E-state index in [9.17, 15) is 4.57 Å². The summed E-state index contributed by atoms with van der Waals surface area (Å²) in [6, 6.07) is 0. The van der Waals surface area contributed by atoms with Gasteiger partial charge >= 0.3 is 8.03 Å². The largest absolute Gasteiger partial charge is 0.540 e. The molecule has 2 unspecified atom stereocenters. The summed E-state index contributed by atoms with van der Waals surface area (Å²) in [7, 11) is -1.87. The Hall–Kier alpha value is 0.0200. The smallest absolute Gasteiger partial charge is 0.349 e. The average molecular weight is 205 g/mol. The van der Waals surface area contributed by atoms with Crippen molar-refractivity contribution in [2.24, 2.45) is 5.92 Å². The minimum absolute atomic E-state index is 0.106. The summed E-state index contributed by atoms with van der Waals surface area (Å²) in [6.45, 7) is 3.73. The van der Waals surface area contributed by atoms with E-state index in [0.29, 0.717) is 0 Å². The molecule has 0 saturated heterocycles. The van der Waals surface area contributed by atoms with Crippen LogP contribution in [0.5, 0.6) is 0 Å². The SMILES string of the molecule is CC1CCC(O[P+](=O)C(C)O)CC1. The lowest BCUT2D eigenvalue weighted by atomic mass is 9.89. The molecule has 4 heteroatoms. The Balaban J connectivity index is 2.26. The van der Waals surface area contributed by atoms with Crippen LogP contribution in [0.25, 0.3) is 0 Å². The molecule has 3 nitrogen and oxygen atoms in total. The van der Waals surface area contributed by atoms with Gasteiger partial charge in [-0.2, -0.15) is 0 Å². The summed E-state index contributed by atoms with van der Waals surface area (Å²) < 4.78 is 16.4. The Kier molecular flexibility index (Phi) is 4.30. The zero-order valence-electron chi connectivity index (χ0n) is 8.27. The maximum Gasteiger partial charge on any atom is 0.540 e. The van der Waals surface area contributed by atoms with Crippen LogP contribution in [0.15, 0.2) is 0 Å².